The van der Waals surface area contributed by atoms with Crippen LogP contribution in [-0.2, 0) is 5.60 Å². The van der Waals surface area contributed by atoms with Gasteiger partial charge in [-0.05, 0) is 38.8 Å². The van der Waals surface area contributed by atoms with Crippen LogP contribution in [0.25, 0.3) is 0 Å². The van der Waals surface area contributed by atoms with Crippen molar-refractivity contribution in [3.05, 3.63) is 41.7 Å². The number of para-hydroxylation sites is 1. The Bertz CT molecular complexity index is 702. The fourth-order valence-corrected chi connectivity index (χ4v) is 3.01. The number of piperidine rings is 1. The first-order valence-corrected chi connectivity index (χ1v) is 8.13. The summed E-state index contributed by atoms with van der Waals surface area (Å²) in [7, 11) is 0. The highest BCUT2D eigenvalue weighted by Gasteiger charge is 2.39. The molecule has 24 heavy (non-hydrogen) atoms. The van der Waals surface area contributed by atoms with Crippen LogP contribution in [0.2, 0.25) is 0 Å². The third-order valence-electron chi connectivity index (χ3n) is 4.13. The Balaban J connectivity index is 1.83. The maximum Gasteiger partial charge on any atom is 0.257 e. The van der Waals surface area contributed by atoms with Crippen LogP contribution in [0.15, 0.2) is 30.5 Å². The largest absolute Gasteiger partial charge is 0.490 e. The average molecular weight is 330 g/mol. The number of H-pyrrole nitrogens is 1. The van der Waals surface area contributed by atoms with Crippen molar-refractivity contribution in [1.82, 2.24) is 20.3 Å². The number of hydrogen-bond donors (Lipinski definition) is 2. The number of β-amino-alcohol motifs (C(OH)–C–C–N with tert-alkyl or cyclic N) is 1. The molecule has 2 heterocycles. The molecule has 1 aliphatic heterocycles. The summed E-state index contributed by atoms with van der Waals surface area (Å²) in [5.74, 6) is 0.418. The lowest BCUT2D eigenvalue weighted by atomic mass is 9.89. The quantitative estimate of drug-likeness (QED) is 0.890. The van der Waals surface area contributed by atoms with Crippen molar-refractivity contribution in [2.75, 3.05) is 13.1 Å². The van der Waals surface area contributed by atoms with Gasteiger partial charge in [0.1, 0.15) is 17.0 Å². The van der Waals surface area contributed by atoms with E-state index >= 15 is 0 Å². The molecule has 7 nitrogen and oxygen atoms in total. The summed E-state index contributed by atoms with van der Waals surface area (Å²) in [5.41, 5.74) is -0.197. The summed E-state index contributed by atoms with van der Waals surface area (Å²) in [6.45, 7) is 4.63. The van der Waals surface area contributed by atoms with E-state index in [1.54, 1.807) is 17.0 Å². The smallest absolute Gasteiger partial charge is 0.257 e. The topological polar surface area (TPSA) is 91.3 Å². The molecular formula is C17H22N4O3. The molecule has 0 saturated carbocycles. The lowest BCUT2D eigenvalue weighted by Crippen LogP contribution is -2.48. The van der Waals surface area contributed by atoms with Crippen molar-refractivity contribution in [2.45, 2.75) is 38.4 Å². The fraction of sp³-hybridized carbons (Fsp3) is 0.471. The summed E-state index contributed by atoms with van der Waals surface area (Å²) in [4.78, 5) is 14.6. The van der Waals surface area contributed by atoms with Gasteiger partial charge in [0, 0.05) is 6.54 Å². The molecule has 128 valence electrons. The van der Waals surface area contributed by atoms with Gasteiger partial charge in [0.25, 0.3) is 5.91 Å². The van der Waals surface area contributed by atoms with Gasteiger partial charge in [-0.25, -0.2) is 0 Å². The summed E-state index contributed by atoms with van der Waals surface area (Å²) in [6.07, 6.45) is 2.73. The van der Waals surface area contributed by atoms with Gasteiger partial charge in [-0.2, -0.15) is 15.4 Å². The van der Waals surface area contributed by atoms with Crippen molar-refractivity contribution < 1.29 is 14.6 Å². The molecule has 1 aromatic carbocycles. The molecule has 0 unspecified atom stereocenters. The van der Waals surface area contributed by atoms with Crippen LogP contribution in [0.4, 0.5) is 0 Å². The zero-order valence-corrected chi connectivity index (χ0v) is 13.9. The predicted molar refractivity (Wildman–Crippen MR) is 87.6 cm³/mol. The number of aromatic nitrogens is 3. The molecule has 1 fully saturated rings. The van der Waals surface area contributed by atoms with Gasteiger partial charge in [0.05, 0.1) is 24.4 Å². The fourth-order valence-electron chi connectivity index (χ4n) is 3.01. The Morgan fingerprint density at radius 2 is 2.21 bits per heavy atom. The number of nitrogens with zero attached hydrogens (tertiary/aromatic N) is 3. The van der Waals surface area contributed by atoms with E-state index in [9.17, 15) is 9.90 Å². The maximum absolute atomic E-state index is 13.0. The summed E-state index contributed by atoms with van der Waals surface area (Å²) in [6, 6.07) is 7.20. The Labute approximate surface area is 140 Å². The first kappa shape index (κ1) is 16.4. The van der Waals surface area contributed by atoms with Gasteiger partial charge in [0.15, 0.2) is 0 Å². The number of likely N-dealkylation sites (tertiary alicyclic amines) is 1. The van der Waals surface area contributed by atoms with Crippen LogP contribution in [0, 0.1) is 0 Å². The number of carbonyl (C=O) groups is 1. The molecule has 1 saturated heterocycles. The minimum atomic E-state index is -1.17. The summed E-state index contributed by atoms with van der Waals surface area (Å²) in [5, 5.41) is 21.1. The van der Waals surface area contributed by atoms with E-state index < -0.39 is 5.60 Å². The molecule has 1 atom stereocenters. The highest BCUT2D eigenvalue weighted by Crippen LogP contribution is 2.31. The molecule has 0 radical (unpaired) electrons. The minimum absolute atomic E-state index is 0.0210. The first-order chi connectivity index (χ1) is 11.5. The first-order valence-electron chi connectivity index (χ1n) is 8.13. The van der Waals surface area contributed by atoms with Crippen molar-refractivity contribution in [2.24, 2.45) is 0 Å². The van der Waals surface area contributed by atoms with E-state index in [1.807, 2.05) is 26.0 Å². The molecule has 1 aromatic heterocycles. The van der Waals surface area contributed by atoms with Crippen LogP contribution in [0.5, 0.6) is 5.75 Å². The second-order valence-electron chi connectivity index (χ2n) is 6.38. The van der Waals surface area contributed by atoms with Crippen molar-refractivity contribution in [1.29, 1.82) is 0 Å². The lowest BCUT2D eigenvalue weighted by Gasteiger charge is -2.38. The van der Waals surface area contributed by atoms with Gasteiger partial charge < -0.3 is 14.7 Å². The molecule has 1 aliphatic rings. The molecular weight excluding hydrogens is 308 g/mol. The number of aromatic amines is 1. The number of amides is 1. The van der Waals surface area contributed by atoms with Crippen LogP contribution in [0.1, 0.15) is 42.7 Å². The molecule has 2 N–H and O–H groups in total. The molecule has 0 bridgehead atoms. The van der Waals surface area contributed by atoms with Crippen LogP contribution < -0.4 is 4.74 Å². The average Bonchev–Trinajstić information content (AvgIpc) is 3.10. The zero-order valence-electron chi connectivity index (χ0n) is 13.9. The lowest BCUT2D eigenvalue weighted by molar-refractivity contribution is -0.0321. The number of rotatable bonds is 4. The predicted octanol–water partition coefficient (Wildman–Crippen LogP) is 1.72. The summed E-state index contributed by atoms with van der Waals surface area (Å²) < 4.78 is 5.74. The Morgan fingerprint density at radius 3 is 2.92 bits per heavy atom. The van der Waals surface area contributed by atoms with E-state index in [2.05, 4.69) is 15.4 Å². The van der Waals surface area contributed by atoms with Crippen LogP contribution in [0.3, 0.4) is 0 Å². The Kier molecular flexibility index (Phi) is 4.53. The maximum atomic E-state index is 13.0. The second-order valence-corrected chi connectivity index (χ2v) is 6.38. The third-order valence-corrected chi connectivity index (χ3v) is 4.13. The van der Waals surface area contributed by atoms with E-state index in [1.165, 1.54) is 6.20 Å². The monoisotopic (exact) mass is 330 g/mol. The number of nitrogens with one attached hydrogen (secondary N) is 1. The number of hydrogen-bond acceptors (Lipinski definition) is 5. The molecule has 0 aliphatic carbocycles. The van der Waals surface area contributed by atoms with E-state index in [4.69, 9.17) is 4.74 Å². The molecule has 3 rings (SSSR count). The van der Waals surface area contributed by atoms with Gasteiger partial charge in [0.2, 0.25) is 0 Å². The number of aliphatic hydroxyl groups is 1. The van der Waals surface area contributed by atoms with E-state index in [0.717, 1.165) is 0 Å². The Hall–Kier alpha value is -2.41. The van der Waals surface area contributed by atoms with Crippen molar-refractivity contribution >= 4 is 5.91 Å². The number of benzene rings is 1. The van der Waals surface area contributed by atoms with Crippen LogP contribution >= 0.6 is 0 Å². The second kappa shape index (κ2) is 6.60. The van der Waals surface area contributed by atoms with Crippen LogP contribution in [-0.4, -0.2) is 50.5 Å². The van der Waals surface area contributed by atoms with Gasteiger partial charge in [-0.15, -0.1) is 0 Å². The van der Waals surface area contributed by atoms with E-state index in [0.29, 0.717) is 36.4 Å². The normalized spacial score (nSPS) is 21.1. The zero-order chi connectivity index (χ0) is 17.2. The third kappa shape index (κ3) is 3.26. The Morgan fingerprint density at radius 1 is 1.42 bits per heavy atom. The molecule has 0 spiro atoms. The van der Waals surface area contributed by atoms with Crippen molar-refractivity contribution in [3.8, 4) is 5.75 Å². The number of ether oxygens (including phenoxy) is 1. The highest BCUT2D eigenvalue weighted by molar-refractivity contribution is 5.97. The van der Waals surface area contributed by atoms with Crippen molar-refractivity contribution in [3.63, 3.8) is 0 Å². The van der Waals surface area contributed by atoms with E-state index in [-0.39, 0.29) is 18.6 Å². The molecule has 1 amide bonds. The highest BCUT2D eigenvalue weighted by atomic mass is 16.5. The summed E-state index contributed by atoms with van der Waals surface area (Å²) >= 11 is 0. The van der Waals surface area contributed by atoms with Gasteiger partial charge in [-0.1, -0.05) is 12.1 Å². The number of carbonyl (C=O) groups excluding carboxylic acids is 1. The minimum Gasteiger partial charge on any atom is -0.490 e. The van der Waals surface area contributed by atoms with Gasteiger partial charge >= 0.3 is 0 Å². The molecule has 7 heteroatoms. The van der Waals surface area contributed by atoms with Gasteiger partial charge in [-0.3, -0.25) is 4.79 Å². The molecule has 2 aromatic rings. The SMILES string of the molecule is CC(C)Oc1ccccc1C(=O)N1CCC[C@@](O)(c2cn[nH]n2)C1. The standard InChI is InChI=1S/C17H22N4O3/c1-12(2)24-14-7-4-3-6-13(14)16(22)21-9-5-8-17(23,11-21)15-10-18-20-19-15/h3-4,6-7,10,12,23H,5,8-9,11H2,1-2H3,(H,18,19,20)/t17-/m0/s1.